The van der Waals surface area contributed by atoms with Crippen LogP contribution >= 0.6 is 0 Å². The molecule has 0 saturated carbocycles. The van der Waals surface area contributed by atoms with Gasteiger partial charge in [-0.1, -0.05) is 33.1 Å². The van der Waals surface area contributed by atoms with Gasteiger partial charge in [-0.15, -0.1) is 0 Å². The van der Waals surface area contributed by atoms with E-state index in [1.807, 2.05) is 0 Å². The molecule has 0 aliphatic heterocycles. The number of hydrogen-bond donors (Lipinski definition) is 1. The van der Waals surface area contributed by atoms with E-state index in [4.69, 9.17) is 28.8 Å². The molecule has 0 aliphatic rings. The molecule has 0 aromatic rings. The third kappa shape index (κ3) is 21.7. The number of hydrogen-bond acceptors (Lipinski definition) is 6. The highest BCUT2D eigenvalue weighted by Crippen LogP contribution is 2.13. The fourth-order valence-electron chi connectivity index (χ4n) is 2.28. The Morgan fingerprint density at radius 3 is 1.44 bits per heavy atom. The molecule has 0 radical (unpaired) electrons. The van der Waals surface area contributed by atoms with Gasteiger partial charge in [-0.05, 0) is 18.8 Å². The summed E-state index contributed by atoms with van der Waals surface area (Å²) in [5, 5.41) is 8.52. The van der Waals surface area contributed by atoms with Crippen molar-refractivity contribution < 1.29 is 28.8 Å². The summed E-state index contributed by atoms with van der Waals surface area (Å²) >= 11 is 0. The van der Waals surface area contributed by atoms with Crippen LogP contribution in [0, 0.1) is 5.92 Å². The Hall–Kier alpha value is -0.240. The molecule has 0 spiro atoms. The first-order valence-corrected chi connectivity index (χ1v) is 9.80. The van der Waals surface area contributed by atoms with Gasteiger partial charge in [0.15, 0.2) is 0 Å². The Labute approximate surface area is 154 Å². The van der Waals surface area contributed by atoms with E-state index in [-0.39, 0.29) is 6.61 Å². The van der Waals surface area contributed by atoms with Gasteiger partial charge in [-0.2, -0.15) is 0 Å². The standard InChI is InChI=1S/C19H40O6/c1-3-4-6-19(2)7-5-9-21-11-13-23-15-17-25-18-16-24-14-12-22-10-8-20/h19-20H,3-18H2,1-2H3. The third-order valence-corrected chi connectivity index (χ3v) is 3.76. The van der Waals surface area contributed by atoms with Gasteiger partial charge in [0.25, 0.3) is 0 Å². The summed E-state index contributed by atoms with van der Waals surface area (Å²) in [4.78, 5) is 0. The van der Waals surface area contributed by atoms with Gasteiger partial charge < -0.3 is 28.8 Å². The molecule has 0 bridgehead atoms. The first kappa shape index (κ1) is 24.8. The highest BCUT2D eigenvalue weighted by molar-refractivity contribution is 4.53. The Morgan fingerprint density at radius 2 is 1.00 bits per heavy atom. The van der Waals surface area contributed by atoms with Gasteiger partial charge in [0.1, 0.15) is 0 Å². The molecular formula is C19H40O6. The van der Waals surface area contributed by atoms with E-state index in [0.717, 1.165) is 18.9 Å². The fraction of sp³-hybridized carbons (Fsp3) is 1.00. The zero-order valence-electron chi connectivity index (χ0n) is 16.4. The molecule has 0 heterocycles. The molecule has 1 atom stereocenters. The van der Waals surface area contributed by atoms with Crippen molar-refractivity contribution >= 4 is 0 Å². The Bertz CT molecular complexity index is 240. The van der Waals surface area contributed by atoms with Crippen molar-refractivity contribution in [3.8, 4) is 0 Å². The van der Waals surface area contributed by atoms with Gasteiger partial charge >= 0.3 is 0 Å². The van der Waals surface area contributed by atoms with Crippen molar-refractivity contribution in [2.45, 2.75) is 46.0 Å². The van der Waals surface area contributed by atoms with Gasteiger partial charge in [0.05, 0.1) is 66.1 Å². The average Bonchev–Trinajstić information content (AvgIpc) is 2.62. The second kappa shape index (κ2) is 21.8. The second-order valence-electron chi connectivity index (χ2n) is 6.18. The van der Waals surface area contributed by atoms with Gasteiger partial charge in [0.2, 0.25) is 0 Å². The third-order valence-electron chi connectivity index (χ3n) is 3.76. The van der Waals surface area contributed by atoms with Crippen LogP contribution in [0.5, 0.6) is 0 Å². The minimum atomic E-state index is 0.0480. The van der Waals surface area contributed by atoms with Crippen molar-refractivity contribution in [2.24, 2.45) is 5.92 Å². The van der Waals surface area contributed by atoms with Crippen LogP contribution in [0.3, 0.4) is 0 Å². The SMILES string of the molecule is CCCCC(C)CCCOCCOCCOCCOCCOCCO. The van der Waals surface area contributed by atoms with E-state index < -0.39 is 0 Å². The maximum absolute atomic E-state index is 8.52. The van der Waals surface area contributed by atoms with E-state index in [1.54, 1.807) is 0 Å². The van der Waals surface area contributed by atoms with Crippen molar-refractivity contribution in [3.05, 3.63) is 0 Å². The maximum Gasteiger partial charge on any atom is 0.0701 e. The first-order chi connectivity index (χ1) is 12.3. The molecule has 1 N–H and O–H groups in total. The summed E-state index contributed by atoms with van der Waals surface area (Å²) < 4.78 is 26.8. The quantitative estimate of drug-likeness (QED) is 0.316. The number of aliphatic hydroxyl groups is 1. The summed E-state index contributed by atoms with van der Waals surface area (Å²) in [6.45, 7) is 10.3. The van der Waals surface area contributed by atoms with Crippen LogP contribution in [0.15, 0.2) is 0 Å². The molecule has 0 aliphatic carbocycles. The smallest absolute Gasteiger partial charge is 0.0701 e. The minimum absolute atomic E-state index is 0.0480. The van der Waals surface area contributed by atoms with E-state index in [1.165, 1.54) is 25.7 Å². The van der Waals surface area contributed by atoms with E-state index in [9.17, 15) is 0 Å². The van der Waals surface area contributed by atoms with Crippen LogP contribution < -0.4 is 0 Å². The van der Waals surface area contributed by atoms with Crippen LogP contribution in [0.2, 0.25) is 0 Å². The maximum atomic E-state index is 8.52. The first-order valence-electron chi connectivity index (χ1n) is 9.80. The Balaban J connectivity index is 3.03. The summed E-state index contributed by atoms with van der Waals surface area (Å²) in [7, 11) is 0. The summed E-state index contributed by atoms with van der Waals surface area (Å²) in [6, 6.07) is 0. The Kier molecular flexibility index (Phi) is 21.6. The lowest BCUT2D eigenvalue weighted by molar-refractivity contribution is -0.0135. The van der Waals surface area contributed by atoms with Crippen LogP contribution in [0.4, 0.5) is 0 Å². The lowest BCUT2D eigenvalue weighted by Crippen LogP contribution is -2.13. The molecule has 0 aromatic heterocycles. The predicted molar refractivity (Wildman–Crippen MR) is 99.1 cm³/mol. The van der Waals surface area contributed by atoms with E-state index in [0.29, 0.717) is 59.5 Å². The number of unbranched alkanes of at least 4 members (excludes halogenated alkanes) is 1. The van der Waals surface area contributed by atoms with Crippen molar-refractivity contribution in [1.29, 1.82) is 0 Å². The molecule has 0 aromatic carbocycles. The zero-order chi connectivity index (χ0) is 18.4. The van der Waals surface area contributed by atoms with Crippen LogP contribution in [-0.2, 0) is 23.7 Å². The fourth-order valence-corrected chi connectivity index (χ4v) is 2.28. The summed E-state index contributed by atoms with van der Waals surface area (Å²) in [5.74, 6) is 0.814. The number of rotatable bonds is 21. The minimum Gasteiger partial charge on any atom is -0.394 e. The van der Waals surface area contributed by atoms with Crippen LogP contribution in [0.1, 0.15) is 46.0 Å². The van der Waals surface area contributed by atoms with Crippen LogP contribution in [-0.4, -0.2) is 77.8 Å². The molecule has 25 heavy (non-hydrogen) atoms. The normalized spacial score (nSPS) is 12.6. The van der Waals surface area contributed by atoms with E-state index >= 15 is 0 Å². The molecule has 0 amide bonds. The van der Waals surface area contributed by atoms with Crippen molar-refractivity contribution in [1.82, 2.24) is 0 Å². The zero-order valence-corrected chi connectivity index (χ0v) is 16.4. The summed E-state index contributed by atoms with van der Waals surface area (Å²) in [5.41, 5.74) is 0. The second-order valence-corrected chi connectivity index (χ2v) is 6.18. The monoisotopic (exact) mass is 364 g/mol. The molecule has 6 nitrogen and oxygen atoms in total. The predicted octanol–water partition coefficient (Wildman–Crippen LogP) is 2.67. The molecule has 0 saturated heterocycles. The average molecular weight is 365 g/mol. The molecule has 1 unspecified atom stereocenters. The lowest BCUT2D eigenvalue weighted by Gasteiger charge is -2.10. The van der Waals surface area contributed by atoms with Crippen molar-refractivity contribution in [3.63, 3.8) is 0 Å². The van der Waals surface area contributed by atoms with Crippen LogP contribution in [0.25, 0.3) is 0 Å². The van der Waals surface area contributed by atoms with E-state index in [2.05, 4.69) is 13.8 Å². The van der Waals surface area contributed by atoms with Gasteiger partial charge in [0, 0.05) is 6.61 Å². The van der Waals surface area contributed by atoms with Crippen molar-refractivity contribution in [2.75, 3.05) is 72.7 Å². The number of ether oxygens (including phenoxy) is 5. The lowest BCUT2D eigenvalue weighted by atomic mass is 9.99. The van der Waals surface area contributed by atoms with Gasteiger partial charge in [-0.25, -0.2) is 0 Å². The molecule has 0 fully saturated rings. The number of aliphatic hydroxyl groups excluding tert-OH is 1. The molecule has 0 rings (SSSR count). The molecule has 152 valence electrons. The Morgan fingerprint density at radius 1 is 0.600 bits per heavy atom. The largest absolute Gasteiger partial charge is 0.394 e. The molecule has 6 heteroatoms. The summed E-state index contributed by atoms with van der Waals surface area (Å²) in [6.07, 6.45) is 6.35. The topological polar surface area (TPSA) is 66.4 Å². The molecular weight excluding hydrogens is 324 g/mol. The highest BCUT2D eigenvalue weighted by atomic mass is 16.6. The van der Waals surface area contributed by atoms with Gasteiger partial charge in [-0.3, -0.25) is 0 Å². The highest BCUT2D eigenvalue weighted by Gasteiger charge is 2.01.